The van der Waals surface area contributed by atoms with Gasteiger partial charge in [0.1, 0.15) is 0 Å². The number of benzene rings is 2. The van der Waals surface area contributed by atoms with Crippen molar-refractivity contribution in [2.45, 2.75) is 40.2 Å². The highest BCUT2D eigenvalue weighted by atomic mass is 19.2. The van der Waals surface area contributed by atoms with E-state index in [1.807, 2.05) is 20.8 Å². The Kier molecular flexibility index (Phi) is 6.86. The number of carbonyl (C=O) groups excluding carboxylic acids is 1. The third kappa shape index (κ3) is 4.61. The highest BCUT2D eigenvalue weighted by molar-refractivity contribution is 5.94. The first-order valence-electron chi connectivity index (χ1n) is 9.81. The summed E-state index contributed by atoms with van der Waals surface area (Å²) in [6.45, 7) is 5.49. The van der Waals surface area contributed by atoms with Crippen molar-refractivity contribution in [3.8, 4) is 0 Å². The Balaban J connectivity index is 2.01. The van der Waals surface area contributed by atoms with Crippen LogP contribution in [0.3, 0.4) is 0 Å². The van der Waals surface area contributed by atoms with Gasteiger partial charge in [0.05, 0.1) is 30.6 Å². The minimum atomic E-state index is -2.27. The first-order valence-corrected chi connectivity index (χ1v) is 9.81. The van der Waals surface area contributed by atoms with E-state index < -0.39 is 47.0 Å². The molecule has 0 radical (unpaired) electrons. The fourth-order valence-corrected chi connectivity index (χ4v) is 3.08. The van der Waals surface area contributed by atoms with E-state index in [1.54, 1.807) is 24.4 Å². The number of aryl methyl sites for hydroxylation is 3. The van der Waals surface area contributed by atoms with E-state index in [9.17, 15) is 26.7 Å². The van der Waals surface area contributed by atoms with Crippen molar-refractivity contribution >= 4 is 11.6 Å². The molecule has 168 valence electrons. The molecule has 3 rings (SSSR count). The molecule has 1 heterocycles. The van der Waals surface area contributed by atoms with Gasteiger partial charge in [-0.2, -0.15) is 0 Å². The molecule has 0 unspecified atom stereocenters. The molecule has 3 aromatic rings. The molecule has 1 aromatic heterocycles. The van der Waals surface area contributed by atoms with Gasteiger partial charge in [-0.25, -0.2) is 22.0 Å². The van der Waals surface area contributed by atoms with E-state index in [0.717, 1.165) is 16.8 Å². The summed E-state index contributed by atoms with van der Waals surface area (Å²) in [7, 11) is 0. The third-order valence-corrected chi connectivity index (χ3v) is 5.17. The number of carbonyl (C=O) groups is 1. The van der Waals surface area contributed by atoms with Crippen molar-refractivity contribution < 1.29 is 26.7 Å². The summed E-state index contributed by atoms with van der Waals surface area (Å²) < 4.78 is 68.8. The first kappa shape index (κ1) is 23.3. The monoisotopic (exact) mass is 449 g/mol. The van der Waals surface area contributed by atoms with Gasteiger partial charge in [-0.3, -0.25) is 14.8 Å². The largest absolute Gasteiger partial charge is 0.306 e. The number of rotatable bonds is 6. The second-order valence-electron chi connectivity index (χ2n) is 7.33. The number of anilines is 1. The lowest BCUT2D eigenvalue weighted by molar-refractivity contribution is -0.118. The molecule has 0 atom stereocenters. The number of amides is 1. The van der Waals surface area contributed by atoms with Crippen molar-refractivity contribution in [3.05, 3.63) is 87.8 Å². The summed E-state index contributed by atoms with van der Waals surface area (Å²) in [5, 5.41) is 0. The van der Waals surface area contributed by atoms with Crippen molar-refractivity contribution in [3.63, 3.8) is 0 Å². The van der Waals surface area contributed by atoms with Crippen molar-refractivity contribution in [1.82, 2.24) is 9.97 Å². The fraction of sp³-hybridized carbons (Fsp3) is 0.261. The molecule has 9 heteroatoms. The van der Waals surface area contributed by atoms with Gasteiger partial charge in [-0.1, -0.05) is 13.0 Å². The minimum Gasteiger partial charge on any atom is -0.306 e. The highest BCUT2D eigenvalue weighted by Crippen LogP contribution is 2.26. The third-order valence-electron chi connectivity index (χ3n) is 5.17. The molecule has 0 saturated heterocycles. The van der Waals surface area contributed by atoms with Crippen LogP contribution in [0.25, 0.3) is 0 Å². The van der Waals surface area contributed by atoms with Crippen LogP contribution < -0.4 is 4.90 Å². The van der Waals surface area contributed by atoms with Gasteiger partial charge < -0.3 is 4.90 Å². The molecule has 0 saturated carbocycles. The summed E-state index contributed by atoms with van der Waals surface area (Å²) in [4.78, 5) is 22.7. The normalized spacial score (nSPS) is 11.0. The standard InChI is InChI=1S/C23H20F5N3O/c1-4-14-9-30-15(10-29-14)11-31(16-6-5-12(2)13(3)7-16)18(32)8-17-19(24)21(26)23(28)22(27)20(17)25/h5-7,9-10H,4,8,11H2,1-3H3. The molecule has 4 nitrogen and oxygen atoms in total. The summed E-state index contributed by atoms with van der Waals surface area (Å²) in [6, 6.07) is 5.08. The van der Waals surface area contributed by atoms with E-state index in [2.05, 4.69) is 9.97 Å². The van der Waals surface area contributed by atoms with Crippen LogP contribution in [-0.4, -0.2) is 15.9 Å². The second-order valence-corrected chi connectivity index (χ2v) is 7.33. The second kappa shape index (κ2) is 9.42. The van der Waals surface area contributed by atoms with Gasteiger partial charge in [-0.15, -0.1) is 0 Å². The van der Waals surface area contributed by atoms with E-state index in [-0.39, 0.29) is 6.54 Å². The molecule has 0 spiro atoms. The lowest BCUT2D eigenvalue weighted by Gasteiger charge is -2.24. The Morgan fingerprint density at radius 3 is 1.94 bits per heavy atom. The highest BCUT2D eigenvalue weighted by Gasteiger charge is 2.29. The number of aromatic nitrogens is 2. The van der Waals surface area contributed by atoms with Crippen LogP contribution in [0.2, 0.25) is 0 Å². The molecule has 0 aliphatic carbocycles. The molecule has 32 heavy (non-hydrogen) atoms. The van der Waals surface area contributed by atoms with Crippen LogP contribution >= 0.6 is 0 Å². The molecular formula is C23H20F5N3O. The Morgan fingerprint density at radius 1 is 0.844 bits per heavy atom. The van der Waals surface area contributed by atoms with Crippen molar-refractivity contribution in [1.29, 1.82) is 0 Å². The van der Waals surface area contributed by atoms with Crippen LogP contribution in [0.5, 0.6) is 0 Å². The van der Waals surface area contributed by atoms with E-state index >= 15 is 0 Å². The lowest BCUT2D eigenvalue weighted by atomic mass is 10.1. The maximum atomic E-state index is 14.1. The summed E-state index contributed by atoms with van der Waals surface area (Å²) in [6.07, 6.45) is 2.65. The van der Waals surface area contributed by atoms with Gasteiger partial charge in [0.15, 0.2) is 23.3 Å². The van der Waals surface area contributed by atoms with Gasteiger partial charge >= 0.3 is 0 Å². The number of hydrogen-bond acceptors (Lipinski definition) is 3. The Bertz CT molecular complexity index is 1140. The first-order chi connectivity index (χ1) is 15.1. The Morgan fingerprint density at radius 2 is 1.41 bits per heavy atom. The predicted molar refractivity (Wildman–Crippen MR) is 108 cm³/mol. The topological polar surface area (TPSA) is 46.1 Å². The minimum absolute atomic E-state index is 0.103. The number of hydrogen-bond donors (Lipinski definition) is 0. The van der Waals surface area contributed by atoms with E-state index in [1.165, 1.54) is 11.1 Å². The Hall–Kier alpha value is -3.36. The zero-order chi connectivity index (χ0) is 23.6. The summed E-state index contributed by atoms with van der Waals surface area (Å²) in [5.41, 5.74) is 2.14. The van der Waals surface area contributed by atoms with Crippen molar-refractivity contribution in [2.24, 2.45) is 0 Å². The molecule has 0 bridgehead atoms. The van der Waals surface area contributed by atoms with E-state index in [0.29, 0.717) is 17.8 Å². The quantitative estimate of drug-likeness (QED) is 0.298. The zero-order valence-corrected chi connectivity index (χ0v) is 17.6. The van der Waals surface area contributed by atoms with Crippen LogP contribution in [0, 0.1) is 42.9 Å². The van der Waals surface area contributed by atoms with Crippen molar-refractivity contribution in [2.75, 3.05) is 4.90 Å². The van der Waals surface area contributed by atoms with Gasteiger partial charge in [-0.05, 0) is 43.5 Å². The van der Waals surface area contributed by atoms with Gasteiger partial charge in [0, 0.05) is 17.4 Å². The van der Waals surface area contributed by atoms with Gasteiger partial charge in [0.25, 0.3) is 0 Å². The van der Waals surface area contributed by atoms with E-state index in [4.69, 9.17) is 0 Å². The van der Waals surface area contributed by atoms with Crippen LogP contribution in [0.15, 0.2) is 30.6 Å². The molecule has 1 amide bonds. The molecule has 0 fully saturated rings. The van der Waals surface area contributed by atoms with Crippen LogP contribution in [-0.2, 0) is 24.2 Å². The molecule has 0 N–H and O–H groups in total. The van der Waals surface area contributed by atoms with Crippen LogP contribution in [0.1, 0.15) is 35.0 Å². The maximum Gasteiger partial charge on any atom is 0.231 e. The number of halogens is 5. The SMILES string of the molecule is CCc1cnc(CN(C(=O)Cc2c(F)c(F)c(F)c(F)c2F)c2ccc(C)c(C)c2)cn1. The fourth-order valence-electron chi connectivity index (χ4n) is 3.08. The molecule has 0 aliphatic heterocycles. The van der Waals surface area contributed by atoms with Gasteiger partial charge in [0.2, 0.25) is 11.7 Å². The lowest BCUT2D eigenvalue weighted by Crippen LogP contribution is -2.33. The summed E-state index contributed by atoms with van der Waals surface area (Å²) in [5.74, 6) is -11.4. The molecule has 0 aliphatic rings. The average molecular weight is 449 g/mol. The Labute approximate surface area is 181 Å². The van der Waals surface area contributed by atoms with Crippen LogP contribution in [0.4, 0.5) is 27.6 Å². The predicted octanol–water partition coefficient (Wildman–Crippen LogP) is 5.13. The smallest absolute Gasteiger partial charge is 0.231 e. The summed E-state index contributed by atoms with van der Waals surface area (Å²) >= 11 is 0. The zero-order valence-electron chi connectivity index (χ0n) is 17.6. The number of nitrogens with zero attached hydrogens (tertiary/aromatic N) is 3. The molecular weight excluding hydrogens is 429 g/mol. The maximum absolute atomic E-state index is 14.1. The average Bonchev–Trinajstić information content (AvgIpc) is 2.79. The molecule has 2 aromatic carbocycles.